The summed E-state index contributed by atoms with van der Waals surface area (Å²) in [5.74, 6) is -0.868. The number of carbonyl (C=O) groups excluding carboxylic acids is 2. The zero-order valence-electron chi connectivity index (χ0n) is 14.2. The molecule has 1 heterocycles. The molecule has 4 nitrogen and oxygen atoms in total. The second-order valence-electron chi connectivity index (χ2n) is 5.70. The van der Waals surface area contributed by atoms with Crippen LogP contribution in [0.4, 0.5) is 5.00 Å². The summed E-state index contributed by atoms with van der Waals surface area (Å²) in [6.07, 6.45) is 3.16. The van der Waals surface area contributed by atoms with E-state index in [0.29, 0.717) is 10.6 Å². The van der Waals surface area contributed by atoms with Crippen molar-refractivity contribution in [3.05, 3.63) is 82.7 Å². The third-order valence-corrected chi connectivity index (χ3v) is 4.88. The maximum absolute atomic E-state index is 12.3. The average molecular weight is 362 g/mol. The highest BCUT2D eigenvalue weighted by Crippen LogP contribution is 2.39. The summed E-state index contributed by atoms with van der Waals surface area (Å²) in [6, 6.07) is 19.1. The highest BCUT2D eigenvalue weighted by atomic mass is 32.1. The number of hydrogen-bond donors (Lipinski definition) is 2. The fraction of sp³-hybridized carbons (Fsp3) is 0.0476. The van der Waals surface area contributed by atoms with Crippen LogP contribution in [0.2, 0.25) is 0 Å². The number of rotatable bonds is 5. The Bertz CT molecular complexity index is 960. The molecule has 3 rings (SSSR count). The summed E-state index contributed by atoms with van der Waals surface area (Å²) in [5, 5.41) is 3.25. The molecule has 26 heavy (non-hydrogen) atoms. The monoisotopic (exact) mass is 362 g/mol. The van der Waals surface area contributed by atoms with E-state index >= 15 is 0 Å². The van der Waals surface area contributed by atoms with Gasteiger partial charge in [0.1, 0.15) is 5.00 Å². The van der Waals surface area contributed by atoms with Crippen LogP contribution in [-0.2, 0) is 4.79 Å². The number of carbonyl (C=O) groups is 2. The summed E-state index contributed by atoms with van der Waals surface area (Å²) in [4.78, 5) is 25.2. The predicted molar refractivity (Wildman–Crippen MR) is 107 cm³/mol. The molecule has 0 aliphatic rings. The largest absolute Gasteiger partial charge is 0.365 e. The van der Waals surface area contributed by atoms with E-state index in [1.165, 1.54) is 17.4 Å². The van der Waals surface area contributed by atoms with Gasteiger partial charge in [-0.1, -0.05) is 60.7 Å². The van der Waals surface area contributed by atoms with Gasteiger partial charge in [-0.25, -0.2) is 0 Å². The maximum Gasteiger partial charge on any atom is 0.252 e. The molecule has 0 unspecified atom stereocenters. The smallest absolute Gasteiger partial charge is 0.252 e. The molecule has 0 radical (unpaired) electrons. The van der Waals surface area contributed by atoms with E-state index in [2.05, 4.69) is 5.32 Å². The van der Waals surface area contributed by atoms with Gasteiger partial charge >= 0.3 is 0 Å². The maximum atomic E-state index is 12.3. The number of nitrogens with one attached hydrogen (secondary N) is 1. The Balaban J connectivity index is 1.90. The lowest BCUT2D eigenvalue weighted by molar-refractivity contribution is -0.111. The molecule has 0 fully saturated rings. The van der Waals surface area contributed by atoms with E-state index < -0.39 is 5.91 Å². The molecular weight excluding hydrogens is 344 g/mol. The Hall–Kier alpha value is -3.18. The molecule has 3 N–H and O–H groups in total. The number of thiophene rings is 1. The Labute approximate surface area is 156 Å². The van der Waals surface area contributed by atoms with Crippen LogP contribution in [0.5, 0.6) is 0 Å². The van der Waals surface area contributed by atoms with Gasteiger partial charge < -0.3 is 11.1 Å². The second kappa shape index (κ2) is 7.80. The average Bonchev–Trinajstić information content (AvgIpc) is 2.97. The first-order chi connectivity index (χ1) is 12.6. The van der Waals surface area contributed by atoms with E-state index in [-0.39, 0.29) is 5.91 Å². The first-order valence-corrected chi connectivity index (χ1v) is 8.90. The minimum Gasteiger partial charge on any atom is -0.365 e. The van der Waals surface area contributed by atoms with Crippen LogP contribution in [0.25, 0.3) is 17.2 Å². The van der Waals surface area contributed by atoms with Gasteiger partial charge in [0.05, 0.1) is 5.56 Å². The molecule has 1 aromatic heterocycles. The molecule has 0 aliphatic heterocycles. The molecule has 0 aliphatic carbocycles. The minimum atomic E-state index is -0.560. The standard InChI is InChI=1S/C21H18N2O2S/c1-14-18(16-10-6-3-7-11-16)19(20(22)25)21(26-14)23-17(24)13-12-15-8-4-2-5-9-15/h2-13H,1H3,(H2,22,25)(H,23,24)/b13-12+. The minimum absolute atomic E-state index is 0.308. The lowest BCUT2D eigenvalue weighted by Crippen LogP contribution is -2.16. The van der Waals surface area contributed by atoms with E-state index in [1.807, 2.05) is 67.6 Å². The van der Waals surface area contributed by atoms with Crippen LogP contribution in [0.1, 0.15) is 20.8 Å². The van der Waals surface area contributed by atoms with Crippen molar-refractivity contribution in [2.24, 2.45) is 5.73 Å². The van der Waals surface area contributed by atoms with Crippen LogP contribution >= 0.6 is 11.3 Å². The van der Waals surface area contributed by atoms with Crippen molar-refractivity contribution in [3.8, 4) is 11.1 Å². The molecule has 5 heteroatoms. The Morgan fingerprint density at radius 1 is 1.00 bits per heavy atom. The lowest BCUT2D eigenvalue weighted by atomic mass is 10.0. The highest BCUT2D eigenvalue weighted by Gasteiger charge is 2.22. The van der Waals surface area contributed by atoms with Gasteiger partial charge in [-0.15, -0.1) is 11.3 Å². The fourth-order valence-corrected chi connectivity index (χ4v) is 3.79. The number of amides is 2. The molecule has 0 atom stereocenters. The van der Waals surface area contributed by atoms with Crippen molar-refractivity contribution in [2.45, 2.75) is 6.92 Å². The third kappa shape index (κ3) is 3.90. The number of anilines is 1. The molecule has 0 saturated carbocycles. The summed E-state index contributed by atoms with van der Waals surface area (Å²) < 4.78 is 0. The van der Waals surface area contributed by atoms with E-state index in [1.54, 1.807) is 6.08 Å². The zero-order valence-corrected chi connectivity index (χ0v) is 15.0. The first-order valence-electron chi connectivity index (χ1n) is 8.09. The van der Waals surface area contributed by atoms with Crippen molar-refractivity contribution < 1.29 is 9.59 Å². The summed E-state index contributed by atoms with van der Waals surface area (Å²) in [5.41, 5.74) is 8.54. The Kier molecular flexibility index (Phi) is 5.29. The van der Waals surface area contributed by atoms with Crippen molar-refractivity contribution in [3.63, 3.8) is 0 Å². The Morgan fingerprint density at radius 2 is 1.62 bits per heavy atom. The summed E-state index contributed by atoms with van der Waals surface area (Å²) in [7, 11) is 0. The molecule has 3 aromatic rings. The SMILES string of the molecule is Cc1sc(NC(=O)/C=C/c2ccccc2)c(C(N)=O)c1-c1ccccc1. The summed E-state index contributed by atoms with van der Waals surface area (Å²) in [6.45, 7) is 1.91. The van der Waals surface area contributed by atoms with Crippen LogP contribution in [0.3, 0.4) is 0 Å². The molecule has 2 amide bonds. The number of benzene rings is 2. The molecule has 130 valence electrons. The van der Waals surface area contributed by atoms with Crippen LogP contribution in [0.15, 0.2) is 66.7 Å². The number of aryl methyl sites for hydroxylation is 1. The number of hydrogen-bond acceptors (Lipinski definition) is 3. The molecular formula is C21H18N2O2S. The molecule has 2 aromatic carbocycles. The summed E-state index contributed by atoms with van der Waals surface area (Å²) >= 11 is 1.35. The number of primary amides is 1. The van der Waals surface area contributed by atoms with Crippen molar-refractivity contribution in [2.75, 3.05) is 5.32 Å². The van der Waals surface area contributed by atoms with Gasteiger partial charge in [0.15, 0.2) is 0 Å². The lowest BCUT2D eigenvalue weighted by Gasteiger charge is -2.05. The third-order valence-electron chi connectivity index (χ3n) is 3.86. The normalized spacial score (nSPS) is 10.8. The predicted octanol–water partition coefficient (Wildman–Crippen LogP) is 4.47. The Morgan fingerprint density at radius 3 is 2.23 bits per heavy atom. The van der Waals surface area contributed by atoms with Gasteiger partial charge in [0.25, 0.3) is 5.91 Å². The van der Waals surface area contributed by atoms with E-state index in [0.717, 1.165) is 21.6 Å². The number of nitrogens with two attached hydrogens (primary N) is 1. The molecule has 0 spiro atoms. The highest BCUT2D eigenvalue weighted by molar-refractivity contribution is 7.17. The van der Waals surface area contributed by atoms with Crippen LogP contribution < -0.4 is 11.1 Å². The van der Waals surface area contributed by atoms with Gasteiger partial charge in [0.2, 0.25) is 5.91 Å². The van der Waals surface area contributed by atoms with Crippen LogP contribution in [-0.4, -0.2) is 11.8 Å². The van der Waals surface area contributed by atoms with Gasteiger partial charge in [-0.3, -0.25) is 9.59 Å². The van der Waals surface area contributed by atoms with Gasteiger partial charge in [-0.05, 0) is 24.1 Å². The molecule has 0 saturated heterocycles. The first kappa shape index (κ1) is 17.6. The quantitative estimate of drug-likeness (QED) is 0.657. The van der Waals surface area contributed by atoms with Crippen molar-refractivity contribution >= 4 is 34.2 Å². The van der Waals surface area contributed by atoms with E-state index in [9.17, 15) is 9.59 Å². The fourth-order valence-electron chi connectivity index (χ4n) is 2.71. The van der Waals surface area contributed by atoms with Crippen molar-refractivity contribution in [1.29, 1.82) is 0 Å². The topological polar surface area (TPSA) is 72.2 Å². The second-order valence-corrected chi connectivity index (χ2v) is 6.93. The molecule has 0 bridgehead atoms. The van der Waals surface area contributed by atoms with Crippen molar-refractivity contribution in [1.82, 2.24) is 0 Å². The van der Waals surface area contributed by atoms with E-state index in [4.69, 9.17) is 5.73 Å². The zero-order chi connectivity index (χ0) is 18.5. The van der Waals surface area contributed by atoms with Gasteiger partial charge in [-0.2, -0.15) is 0 Å². The van der Waals surface area contributed by atoms with Crippen LogP contribution in [0, 0.1) is 6.92 Å². The van der Waals surface area contributed by atoms with Gasteiger partial charge in [0, 0.05) is 16.5 Å².